The summed E-state index contributed by atoms with van der Waals surface area (Å²) < 4.78 is 19.2. The van der Waals surface area contributed by atoms with Crippen LogP contribution >= 0.6 is 0 Å². The Morgan fingerprint density at radius 2 is 2.23 bits per heavy atom. The molecule has 1 aliphatic heterocycles. The molecule has 1 heterocycles. The van der Waals surface area contributed by atoms with Crippen molar-refractivity contribution in [2.45, 2.75) is 39.2 Å². The van der Waals surface area contributed by atoms with Crippen LogP contribution in [0.25, 0.3) is 0 Å². The molecule has 1 fully saturated rings. The number of hydrogen-bond acceptors (Lipinski definition) is 3. The Kier molecular flexibility index (Phi) is 8.68. The van der Waals surface area contributed by atoms with E-state index in [2.05, 4.69) is 41.4 Å². The van der Waals surface area contributed by atoms with E-state index in [1.807, 2.05) is 0 Å². The number of nitrogens with one attached hydrogen (secondary N) is 2. The summed E-state index contributed by atoms with van der Waals surface area (Å²) in [7, 11) is 2.18. The zero-order chi connectivity index (χ0) is 18.8. The summed E-state index contributed by atoms with van der Waals surface area (Å²) in [5.41, 5.74) is 0. The number of rotatable bonds is 8. The number of piperidine rings is 1. The van der Waals surface area contributed by atoms with Gasteiger partial charge in [-0.05, 0) is 57.8 Å². The first-order valence-corrected chi connectivity index (χ1v) is 9.73. The van der Waals surface area contributed by atoms with Crippen LogP contribution in [0.15, 0.2) is 29.3 Å². The van der Waals surface area contributed by atoms with Gasteiger partial charge in [-0.15, -0.1) is 0 Å². The predicted octanol–water partition coefficient (Wildman–Crippen LogP) is 2.88. The molecule has 6 heteroatoms. The van der Waals surface area contributed by atoms with Crippen LogP contribution in [0.5, 0.6) is 5.75 Å². The molecule has 0 aliphatic carbocycles. The molecule has 146 valence electrons. The summed E-state index contributed by atoms with van der Waals surface area (Å²) in [4.78, 5) is 7.06. The Labute approximate surface area is 157 Å². The molecule has 0 radical (unpaired) electrons. The van der Waals surface area contributed by atoms with Crippen LogP contribution in [0.4, 0.5) is 4.39 Å². The van der Waals surface area contributed by atoms with E-state index in [1.54, 1.807) is 12.1 Å². The summed E-state index contributed by atoms with van der Waals surface area (Å²) in [6.45, 7) is 8.72. The molecule has 1 aromatic rings. The van der Waals surface area contributed by atoms with Gasteiger partial charge in [0.1, 0.15) is 17.7 Å². The van der Waals surface area contributed by atoms with Crippen molar-refractivity contribution in [2.75, 3.05) is 39.8 Å². The molecule has 2 atom stereocenters. The summed E-state index contributed by atoms with van der Waals surface area (Å²) in [5.74, 6) is 1.74. The van der Waals surface area contributed by atoms with Crippen LogP contribution in [-0.4, -0.2) is 56.7 Å². The number of nitrogens with zero attached hydrogens (tertiary/aromatic N) is 2. The third-order valence-corrected chi connectivity index (χ3v) is 4.63. The molecule has 1 aliphatic rings. The molecule has 1 saturated heterocycles. The molecule has 26 heavy (non-hydrogen) atoms. The van der Waals surface area contributed by atoms with Crippen LogP contribution in [0, 0.1) is 11.7 Å². The minimum atomic E-state index is -0.284. The minimum Gasteiger partial charge on any atom is -0.488 e. The number of ether oxygens (including phenoxy) is 1. The second-order valence-corrected chi connectivity index (χ2v) is 6.98. The van der Waals surface area contributed by atoms with E-state index in [9.17, 15) is 4.39 Å². The zero-order valence-corrected chi connectivity index (χ0v) is 16.3. The maximum atomic E-state index is 13.3. The minimum absolute atomic E-state index is 0.0759. The van der Waals surface area contributed by atoms with E-state index in [1.165, 1.54) is 31.5 Å². The van der Waals surface area contributed by atoms with Crippen molar-refractivity contribution in [2.24, 2.45) is 10.9 Å². The van der Waals surface area contributed by atoms with Crippen molar-refractivity contribution in [3.63, 3.8) is 0 Å². The molecular formula is C20H33FN4O. The fourth-order valence-electron chi connectivity index (χ4n) is 3.20. The monoisotopic (exact) mass is 364 g/mol. The standard InChI is InChI=1S/C20H33FN4O/c1-4-18(26-19-10-6-9-17(21)12-19)14-24-20(22-5-2)23-13-16-8-7-11-25(3)15-16/h6,9-10,12,16,18H,4-5,7-8,11,13-15H2,1-3H3,(H2,22,23,24). The van der Waals surface area contributed by atoms with Gasteiger partial charge in [0.05, 0.1) is 6.54 Å². The lowest BCUT2D eigenvalue weighted by Crippen LogP contribution is -2.44. The Morgan fingerprint density at radius 1 is 1.38 bits per heavy atom. The number of benzene rings is 1. The van der Waals surface area contributed by atoms with Crippen molar-refractivity contribution < 1.29 is 9.13 Å². The normalized spacial score (nSPS) is 19.8. The van der Waals surface area contributed by atoms with Gasteiger partial charge < -0.3 is 20.3 Å². The van der Waals surface area contributed by atoms with Gasteiger partial charge in [0.15, 0.2) is 5.96 Å². The summed E-state index contributed by atoms with van der Waals surface area (Å²) >= 11 is 0. The van der Waals surface area contributed by atoms with Crippen molar-refractivity contribution in [3.8, 4) is 5.75 Å². The topological polar surface area (TPSA) is 48.9 Å². The van der Waals surface area contributed by atoms with Gasteiger partial charge in [0.25, 0.3) is 0 Å². The molecule has 2 unspecified atom stereocenters. The summed E-state index contributed by atoms with van der Waals surface area (Å²) in [6.07, 6.45) is 3.26. The van der Waals surface area contributed by atoms with E-state index in [0.29, 0.717) is 18.2 Å². The Morgan fingerprint density at radius 3 is 2.92 bits per heavy atom. The molecule has 0 aromatic heterocycles. The Balaban J connectivity index is 1.86. The third-order valence-electron chi connectivity index (χ3n) is 4.63. The highest BCUT2D eigenvalue weighted by Gasteiger charge is 2.17. The van der Waals surface area contributed by atoms with Crippen LogP contribution < -0.4 is 15.4 Å². The molecule has 2 rings (SSSR count). The average molecular weight is 365 g/mol. The quantitative estimate of drug-likeness (QED) is 0.550. The van der Waals surface area contributed by atoms with E-state index < -0.39 is 0 Å². The molecule has 2 N–H and O–H groups in total. The van der Waals surface area contributed by atoms with E-state index >= 15 is 0 Å². The molecule has 5 nitrogen and oxygen atoms in total. The van der Waals surface area contributed by atoms with Crippen molar-refractivity contribution in [1.82, 2.24) is 15.5 Å². The lowest BCUT2D eigenvalue weighted by atomic mass is 9.99. The maximum Gasteiger partial charge on any atom is 0.191 e. The van der Waals surface area contributed by atoms with Gasteiger partial charge in [-0.2, -0.15) is 0 Å². The van der Waals surface area contributed by atoms with Crippen molar-refractivity contribution in [1.29, 1.82) is 0 Å². The summed E-state index contributed by atoms with van der Waals surface area (Å²) in [5, 5.41) is 6.76. The van der Waals surface area contributed by atoms with E-state index in [4.69, 9.17) is 4.74 Å². The number of likely N-dealkylation sites (tertiary alicyclic amines) is 1. The first kappa shape index (κ1) is 20.5. The van der Waals surface area contributed by atoms with Gasteiger partial charge in [0.2, 0.25) is 0 Å². The van der Waals surface area contributed by atoms with Gasteiger partial charge in [-0.1, -0.05) is 13.0 Å². The number of hydrogen-bond donors (Lipinski definition) is 2. The van der Waals surface area contributed by atoms with Crippen LogP contribution in [-0.2, 0) is 0 Å². The van der Waals surface area contributed by atoms with E-state index in [-0.39, 0.29) is 11.9 Å². The van der Waals surface area contributed by atoms with Crippen molar-refractivity contribution >= 4 is 5.96 Å². The van der Waals surface area contributed by atoms with Gasteiger partial charge in [0, 0.05) is 25.7 Å². The lowest BCUT2D eigenvalue weighted by molar-refractivity contribution is 0.204. The molecule has 0 spiro atoms. The van der Waals surface area contributed by atoms with Crippen molar-refractivity contribution in [3.05, 3.63) is 30.1 Å². The maximum absolute atomic E-state index is 13.3. The molecule has 0 amide bonds. The smallest absolute Gasteiger partial charge is 0.191 e. The second kappa shape index (κ2) is 11.0. The predicted molar refractivity (Wildman–Crippen MR) is 105 cm³/mol. The Hall–Kier alpha value is -1.82. The number of aliphatic imine (C=N–C) groups is 1. The molecule has 0 bridgehead atoms. The average Bonchev–Trinajstić information content (AvgIpc) is 2.63. The van der Waals surface area contributed by atoms with Crippen LogP contribution in [0.1, 0.15) is 33.1 Å². The van der Waals surface area contributed by atoms with Gasteiger partial charge >= 0.3 is 0 Å². The van der Waals surface area contributed by atoms with Crippen LogP contribution in [0.3, 0.4) is 0 Å². The SMILES string of the molecule is CCNC(=NCC(CC)Oc1cccc(F)c1)NCC1CCCN(C)C1. The third kappa shape index (κ3) is 7.20. The highest BCUT2D eigenvalue weighted by atomic mass is 19.1. The van der Waals surface area contributed by atoms with Crippen LogP contribution in [0.2, 0.25) is 0 Å². The second-order valence-electron chi connectivity index (χ2n) is 6.98. The first-order chi connectivity index (χ1) is 12.6. The zero-order valence-electron chi connectivity index (χ0n) is 16.3. The highest BCUT2D eigenvalue weighted by molar-refractivity contribution is 5.79. The molecule has 1 aromatic carbocycles. The summed E-state index contributed by atoms with van der Waals surface area (Å²) in [6, 6.07) is 6.27. The fourth-order valence-corrected chi connectivity index (χ4v) is 3.20. The molecular weight excluding hydrogens is 331 g/mol. The number of halogens is 1. The first-order valence-electron chi connectivity index (χ1n) is 9.73. The van der Waals surface area contributed by atoms with E-state index in [0.717, 1.165) is 32.0 Å². The largest absolute Gasteiger partial charge is 0.488 e. The lowest BCUT2D eigenvalue weighted by Gasteiger charge is -2.30. The molecule has 0 saturated carbocycles. The van der Waals surface area contributed by atoms with Gasteiger partial charge in [-0.25, -0.2) is 9.38 Å². The fraction of sp³-hybridized carbons (Fsp3) is 0.650. The number of guanidine groups is 1. The highest BCUT2D eigenvalue weighted by Crippen LogP contribution is 2.15. The Bertz CT molecular complexity index is 566. The van der Waals surface area contributed by atoms with Gasteiger partial charge in [-0.3, -0.25) is 0 Å².